The number of nitrogens with zero attached hydrogens (tertiary/aromatic N) is 1. The van der Waals surface area contributed by atoms with Crippen molar-refractivity contribution < 1.29 is 9.53 Å². The summed E-state index contributed by atoms with van der Waals surface area (Å²) in [6.45, 7) is 2.44. The van der Waals surface area contributed by atoms with Crippen molar-refractivity contribution in [1.82, 2.24) is 4.98 Å². The van der Waals surface area contributed by atoms with Crippen LogP contribution in [0.2, 0.25) is 0 Å². The van der Waals surface area contributed by atoms with E-state index in [1.54, 1.807) is 6.20 Å². The Morgan fingerprint density at radius 1 is 1.29 bits per heavy atom. The molecule has 3 rings (SSSR count). The number of Topliss-reactive ketones (excluding diaryl/α,β-unsaturated/α-hetero) is 1. The zero-order valence-electron chi connectivity index (χ0n) is 12.2. The van der Waals surface area contributed by atoms with Crippen LogP contribution in [0.5, 0.6) is 0 Å². The predicted octanol–water partition coefficient (Wildman–Crippen LogP) is 3.46. The first-order chi connectivity index (χ1) is 10.3. The van der Waals surface area contributed by atoms with Crippen LogP contribution in [-0.4, -0.2) is 17.4 Å². The average Bonchev–Trinajstić information content (AvgIpc) is 2.97. The lowest BCUT2D eigenvalue weighted by molar-refractivity contribution is -0.132. The van der Waals surface area contributed by atoms with E-state index in [0.29, 0.717) is 6.61 Å². The van der Waals surface area contributed by atoms with Crippen molar-refractivity contribution in [3.63, 3.8) is 0 Å². The highest BCUT2D eigenvalue weighted by atomic mass is 16.5. The number of aryl methyl sites for hydroxylation is 1. The van der Waals surface area contributed by atoms with Gasteiger partial charge < -0.3 is 4.74 Å². The Morgan fingerprint density at radius 2 is 2.10 bits per heavy atom. The normalized spacial score (nSPS) is 18.2. The molecule has 2 aromatic rings. The Balaban J connectivity index is 1.89. The van der Waals surface area contributed by atoms with Gasteiger partial charge in [-0.05, 0) is 37.0 Å². The van der Waals surface area contributed by atoms with E-state index < -0.39 is 6.10 Å². The van der Waals surface area contributed by atoms with Gasteiger partial charge in [-0.15, -0.1) is 0 Å². The fourth-order valence-corrected chi connectivity index (χ4v) is 3.01. The van der Waals surface area contributed by atoms with Crippen molar-refractivity contribution in [3.8, 4) is 0 Å². The standard InChI is InChI=1S/C18H19NO2/c1-2-21-18(14-7-4-3-5-8-14)17(20)15-11-10-13-9-6-12-19-16(13)15/h3-9,12,15,18H,2,10-11H2,1H3. The molecule has 0 amide bonds. The summed E-state index contributed by atoms with van der Waals surface area (Å²) in [5.74, 6) is -0.0153. The second-order valence-electron chi connectivity index (χ2n) is 5.29. The van der Waals surface area contributed by atoms with E-state index in [0.717, 1.165) is 24.1 Å². The van der Waals surface area contributed by atoms with Crippen LogP contribution in [0.15, 0.2) is 48.7 Å². The summed E-state index contributed by atoms with van der Waals surface area (Å²) in [7, 11) is 0. The van der Waals surface area contributed by atoms with Gasteiger partial charge in [-0.2, -0.15) is 0 Å². The number of hydrogen-bond donors (Lipinski definition) is 0. The molecule has 2 unspecified atom stereocenters. The van der Waals surface area contributed by atoms with Crippen LogP contribution >= 0.6 is 0 Å². The van der Waals surface area contributed by atoms with Gasteiger partial charge in [-0.3, -0.25) is 9.78 Å². The molecule has 0 radical (unpaired) electrons. The maximum absolute atomic E-state index is 12.9. The summed E-state index contributed by atoms with van der Waals surface area (Å²) >= 11 is 0. The smallest absolute Gasteiger partial charge is 0.175 e. The maximum atomic E-state index is 12.9. The third-order valence-electron chi connectivity index (χ3n) is 4.00. The first-order valence-electron chi connectivity index (χ1n) is 7.45. The van der Waals surface area contributed by atoms with Gasteiger partial charge >= 0.3 is 0 Å². The van der Waals surface area contributed by atoms with Gasteiger partial charge in [-0.1, -0.05) is 36.4 Å². The topological polar surface area (TPSA) is 39.2 Å². The third kappa shape index (κ3) is 2.74. The van der Waals surface area contributed by atoms with E-state index >= 15 is 0 Å². The van der Waals surface area contributed by atoms with Crippen molar-refractivity contribution in [3.05, 3.63) is 65.5 Å². The lowest BCUT2D eigenvalue weighted by atomic mass is 9.93. The van der Waals surface area contributed by atoms with Gasteiger partial charge in [0.25, 0.3) is 0 Å². The molecular formula is C18H19NO2. The van der Waals surface area contributed by atoms with Crippen molar-refractivity contribution >= 4 is 5.78 Å². The molecule has 3 nitrogen and oxygen atoms in total. The number of carbonyl (C=O) groups is 1. The van der Waals surface area contributed by atoms with Crippen molar-refractivity contribution in [2.45, 2.75) is 31.8 Å². The Bertz CT molecular complexity index is 624. The van der Waals surface area contributed by atoms with Gasteiger partial charge in [0.05, 0.1) is 11.6 Å². The summed E-state index contributed by atoms with van der Waals surface area (Å²) in [6.07, 6.45) is 3.03. The van der Waals surface area contributed by atoms with Crippen LogP contribution < -0.4 is 0 Å². The van der Waals surface area contributed by atoms with Gasteiger partial charge in [0.15, 0.2) is 5.78 Å². The SMILES string of the molecule is CCOC(C(=O)C1CCc2cccnc21)c1ccccc1. The lowest BCUT2D eigenvalue weighted by Crippen LogP contribution is -2.22. The molecule has 3 heteroatoms. The van der Waals surface area contributed by atoms with Crippen LogP contribution in [-0.2, 0) is 16.0 Å². The molecule has 1 heterocycles. The van der Waals surface area contributed by atoms with Crippen molar-refractivity contribution in [2.24, 2.45) is 0 Å². The van der Waals surface area contributed by atoms with E-state index in [1.165, 1.54) is 5.56 Å². The number of ketones is 1. The van der Waals surface area contributed by atoms with E-state index in [9.17, 15) is 4.79 Å². The maximum Gasteiger partial charge on any atom is 0.175 e. The molecule has 1 aliphatic carbocycles. The first kappa shape index (κ1) is 14.0. The summed E-state index contributed by atoms with van der Waals surface area (Å²) in [5, 5.41) is 0. The third-order valence-corrected chi connectivity index (χ3v) is 4.00. The number of ether oxygens (including phenoxy) is 1. The van der Waals surface area contributed by atoms with Crippen LogP contribution in [0.1, 0.15) is 42.2 Å². The molecule has 0 N–H and O–H groups in total. The molecule has 108 valence electrons. The average molecular weight is 281 g/mol. The van der Waals surface area contributed by atoms with E-state index in [-0.39, 0.29) is 11.7 Å². The Morgan fingerprint density at radius 3 is 2.86 bits per heavy atom. The fourth-order valence-electron chi connectivity index (χ4n) is 3.01. The number of rotatable bonds is 5. The molecule has 0 bridgehead atoms. The fraction of sp³-hybridized carbons (Fsp3) is 0.333. The minimum atomic E-state index is -0.492. The molecule has 21 heavy (non-hydrogen) atoms. The second kappa shape index (κ2) is 6.19. The number of benzene rings is 1. The molecular weight excluding hydrogens is 262 g/mol. The quantitative estimate of drug-likeness (QED) is 0.842. The molecule has 1 aromatic carbocycles. The monoisotopic (exact) mass is 281 g/mol. The van der Waals surface area contributed by atoms with Crippen molar-refractivity contribution in [1.29, 1.82) is 0 Å². The molecule has 0 saturated heterocycles. The molecule has 0 spiro atoms. The van der Waals surface area contributed by atoms with Crippen molar-refractivity contribution in [2.75, 3.05) is 6.61 Å². The lowest BCUT2D eigenvalue weighted by Gasteiger charge is -2.20. The Kier molecular flexibility index (Phi) is 4.11. The number of aromatic nitrogens is 1. The van der Waals surface area contributed by atoms with Gasteiger partial charge in [0.1, 0.15) is 6.10 Å². The summed E-state index contributed by atoms with van der Waals surface area (Å²) in [5.41, 5.74) is 3.05. The van der Waals surface area contributed by atoms with Crippen LogP contribution in [0.25, 0.3) is 0 Å². The Labute approximate surface area is 125 Å². The van der Waals surface area contributed by atoms with Gasteiger partial charge in [0, 0.05) is 12.8 Å². The van der Waals surface area contributed by atoms with Crippen LogP contribution in [0, 0.1) is 0 Å². The van der Waals surface area contributed by atoms with E-state index in [4.69, 9.17) is 4.74 Å². The number of hydrogen-bond acceptors (Lipinski definition) is 3. The summed E-state index contributed by atoms with van der Waals surface area (Å²) in [6, 6.07) is 13.7. The van der Waals surface area contributed by atoms with Crippen LogP contribution in [0.3, 0.4) is 0 Å². The summed E-state index contributed by atoms with van der Waals surface area (Å²) < 4.78 is 5.74. The molecule has 0 aliphatic heterocycles. The predicted molar refractivity (Wildman–Crippen MR) is 81.1 cm³/mol. The first-order valence-corrected chi connectivity index (χ1v) is 7.45. The second-order valence-corrected chi connectivity index (χ2v) is 5.29. The minimum Gasteiger partial charge on any atom is -0.366 e. The number of fused-ring (bicyclic) bond motifs is 1. The van der Waals surface area contributed by atoms with E-state index in [1.807, 2.05) is 43.3 Å². The van der Waals surface area contributed by atoms with E-state index in [2.05, 4.69) is 11.1 Å². The number of pyridine rings is 1. The zero-order valence-corrected chi connectivity index (χ0v) is 12.2. The molecule has 0 saturated carbocycles. The molecule has 1 aromatic heterocycles. The largest absolute Gasteiger partial charge is 0.366 e. The van der Waals surface area contributed by atoms with Gasteiger partial charge in [0.2, 0.25) is 0 Å². The highest BCUT2D eigenvalue weighted by Gasteiger charge is 2.35. The highest BCUT2D eigenvalue weighted by Crippen LogP contribution is 2.36. The molecule has 1 aliphatic rings. The molecule has 2 atom stereocenters. The highest BCUT2D eigenvalue weighted by molar-refractivity contribution is 5.91. The van der Waals surface area contributed by atoms with Gasteiger partial charge in [-0.25, -0.2) is 0 Å². The number of carbonyl (C=O) groups excluding carboxylic acids is 1. The summed E-state index contributed by atoms with van der Waals surface area (Å²) in [4.78, 5) is 17.4. The van der Waals surface area contributed by atoms with Crippen LogP contribution in [0.4, 0.5) is 0 Å². The minimum absolute atomic E-state index is 0.125. The Hall–Kier alpha value is -2.00. The zero-order chi connectivity index (χ0) is 14.7. The molecule has 0 fully saturated rings.